The lowest BCUT2D eigenvalue weighted by Crippen LogP contribution is -2.42. The summed E-state index contributed by atoms with van der Waals surface area (Å²) in [4.78, 5) is 0.454. The summed E-state index contributed by atoms with van der Waals surface area (Å²) in [6, 6.07) is 26.3. The van der Waals surface area contributed by atoms with Crippen molar-refractivity contribution < 1.29 is 10.2 Å². The first-order chi connectivity index (χ1) is 17.5. The van der Waals surface area contributed by atoms with E-state index in [0.29, 0.717) is 23.7 Å². The van der Waals surface area contributed by atoms with Crippen molar-refractivity contribution in [3.63, 3.8) is 0 Å². The van der Waals surface area contributed by atoms with Crippen LogP contribution in [0.1, 0.15) is 71.6 Å². The van der Waals surface area contributed by atoms with Crippen molar-refractivity contribution in [3.05, 3.63) is 95.1 Å². The fourth-order valence-electron chi connectivity index (χ4n) is 7.47. The zero-order chi connectivity index (χ0) is 24.6. The Hall–Kier alpha value is -1.72. The van der Waals surface area contributed by atoms with E-state index in [0.717, 1.165) is 12.8 Å². The molecule has 184 valence electrons. The third kappa shape index (κ3) is 3.55. The molecule has 2 nitrogen and oxygen atoms in total. The molecule has 4 heteroatoms. The molecule has 2 fully saturated rings. The number of aliphatic hydroxyl groups is 2. The van der Waals surface area contributed by atoms with Crippen LogP contribution in [0.3, 0.4) is 0 Å². The Labute approximate surface area is 229 Å². The molecule has 4 bridgehead atoms. The van der Waals surface area contributed by atoms with Crippen LogP contribution in [0.15, 0.2) is 72.8 Å². The SMILES string of the molecule is O[C@H]1[C@H](Br)[C@@H]2CC[C@H]1c1cc3ccccc3cc12.O[C@H]1[C@H](Br)[C@@H]2CC[C@H]1c1cc3ccccc3cc12. The number of benzene rings is 4. The molecule has 8 atom stereocenters. The highest BCUT2D eigenvalue weighted by atomic mass is 79.9. The van der Waals surface area contributed by atoms with Gasteiger partial charge >= 0.3 is 0 Å². The Morgan fingerprint density at radius 2 is 0.750 bits per heavy atom. The summed E-state index contributed by atoms with van der Waals surface area (Å²) in [6.07, 6.45) is 4.19. The normalized spacial score (nSPS) is 33.7. The van der Waals surface area contributed by atoms with E-state index in [9.17, 15) is 10.2 Å². The molecular formula is C32H30Br2O2. The van der Waals surface area contributed by atoms with Gasteiger partial charge in [0.05, 0.1) is 12.2 Å². The van der Waals surface area contributed by atoms with Crippen LogP contribution < -0.4 is 0 Å². The Balaban J connectivity index is 0.000000122. The van der Waals surface area contributed by atoms with Gasteiger partial charge in [0.25, 0.3) is 0 Å². The predicted octanol–water partition coefficient (Wildman–Crippen LogP) is 7.88. The van der Waals surface area contributed by atoms with Crippen molar-refractivity contribution in [3.8, 4) is 0 Å². The molecule has 0 saturated heterocycles. The molecule has 2 N–H and O–H groups in total. The van der Waals surface area contributed by atoms with E-state index < -0.39 is 0 Å². The van der Waals surface area contributed by atoms with Crippen LogP contribution in [0.2, 0.25) is 0 Å². The average molecular weight is 606 g/mol. The minimum Gasteiger partial charge on any atom is -0.391 e. The first kappa shape index (κ1) is 23.4. The van der Waals surface area contributed by atoms with Crippen LogP contribution in [0.5, 0.6) is 0 Å². The topological polar surface area (TPSA) is 40.5 Å². The zero-order valence-electron chi connectivity index (χ0n) is 20.0. The van der Waals surface area contributed by atoms with Gasteiger partial charge in [0.15, 0.2) is 0 Å². The molecule has 6 aliphatic rings. The van der Waals surface area contributed by atoms with Crippen molar-refractivity contribution in [2.45, 2.75) is 71.2 Å². The smallest absolute Gasteiger partial charge is 0.0739 e. The van der Waals surface area contributed by atoms with Gasteiger partial charge in [0.2, 0.25) is 0 Å². The highest BCUT2D eigenvalue weighted by molar-refractivity contribution is 9.09. The maximum Gasteiger partial charge on any atom is 0.0739 e. The Bertz CT molecular complexity index is 1250. The molecule has 2 saturated carbocycles. The zero-order valence-corrected chi connectivity index (χ0v) is 23.2. The lowest BCUT2D eigenvalue weighted by atomic mass is 9.65. The summed E-state index contributed by atoms with van der Waals surface area (Å²) in [7, 11) is 0. The van der Waals surface area contributed by atoms with E-state index in [1.165, 1.54) is 56.6 Å². The third-order valence-electron chi connectivity index (χ3n) is 9.32. The van der Waals surface area contributed by atoms with Gasteiger partial charge in [-0.25, -0.2) is 0 Å². The van der Waals surface area contributed by atoms with Gasteiger partial charge in [-0.2, -0.15) is 0 Å². The van der Waals surface area contributed by atoms with Gasteiger partial charge in [-0.1, -0.05) is 105 Å². The molecule has 0 spiro atoms. The number of halogens is 2. The molecule has 0 heterocycles. The summed E-state index contributed by atoms with van der Waals surface area (Å²) in [5, 5.41) is 25.9. The summed E-state index contributed by atoms with van der Waals surface area (Å²) in [5.74, 6) is 1.59. The predicted molar refractivity (Wildman–Crippen MR) is 155 cm³/mol. The van der Waals surface area contributed by atoms with Crippen LogP contribution in [0, 0.1) is 0 Å². The molecular weight excluding hydrogens is 576 g/mol. The van der Waals surface area contributed by atoms with E-state index in [1.54, 1.807) is 0 Å². The van der Waals surface area contributed by atoms with Gasteiger partial charge in [-0.15, -0.1) is 0 Å². The van der Waals surface area contributed by atoms with Gasteiger partial charge in [0.1, 0.15) is 0 Å². The average Bonchev–Trinajstić information content (AvgIpc) is 2.91. The standard InChI is InChI=1S/2C16H15BrO/c2*17-15-11-5-6-12(16(15)18)14-8-10-4-2-1-3-9(10)7-13(11)14/h2*1-4,7-8,11-12,15-16,18H,5-6H2/t2*11-,12+,15-,16-/m11/s1. The lowest BCUT2D eigenvalue weighted by Gasteiger charge is -2.45. The molecule has 0 aliphatic heterocycles. The van der Waals surface area contributed by atoms with Crippen molar-refractivity contribution in [1.82, 2.24) is 0 Å². The van der Waals surface area contributed by atoms with Gasteiger partial charge < -0.3 is 10.2 Å². The summed E-state index contributed by atoms with van der Waals surface area (Å²) in [5.41, 5.74) is 5.68. The lowest BCUT2D eigenvalue weighted by molar-refractivity contribution is 0.0928. The van der Waals surface area contributed by atoms with Crippen LogP contribution >= 0.6 is 31.9 Å². The molecule has 0 radical (unpaired) electrons. The quantitative estimate of drug-likeness (QED) is 0.200. The highest BCUT2D eigenvalue weighted by Gasteiger charge is 2.46. The molecule has 4 aromatic rings. The third-order valence-corrected chi connectivity index (χ3v) is 11.7. The fraction of sp³-hybridized carbons (Fsp3) is 0.375. The van der Waals surface area contributed by atoms with E-state index in [4.69, 9.17) is 0 Å². The van der Waals surface area contributed by atoms with Crippen LogP contribution in [0.4, 0.5) is 0 Å². The first-order valence-electron chi connectivity index (χ1n) is 13.2. The molecule has 0 unspecified atom stereocenters. The highest BCUT2D eigenvalue weighted by Crippen LogP contribution is 2.54. The Morgan fingerprint density at radius 1 is 0.472 bits per heavy atom. The number of hydrogen-bond donors (Lipinski definition) is 2. The monoisotopic (exact) mass is 604 g/mol. The number of aliphatic hydroxyl groups excluding tert-OH is 2. The van der Waals surface area contributed by atoms with Gasteiger partial charge in [-0.3, -0.25) is 0 Å². The van der Waals surface area contributed by atoms with Gasteiger partial charge in [0, 0.05) is 21.5 Å². The van der Waals surface area contributed by atoms with Crippen LogP contribution in [-0.4, -0.2) is 32.1 Å². The molecule has 0 aromatic heterocycles. The number of rotatable bonds is 0. The second-order valence-corrected chi connectivity index (χ2v) is 13.2. The van der Waals surface area contributed by atoms with Crippen LogP contribution in [0.25, 0.3) is 21.5 Å². The molecule has 10 rings (SSSR count). The maximum atomic E-state index is 10.3. The van der Waals surface area contributed by atoms with Crippen molar-refractivity contribution in [2.24, 2.45) is 0 Å². The van der Waals surface area contributed by atoms with Crippen molar-refractivity contribution in [1.29, 1.82) is 0 Å². The Kier molecular flexibility index (Phi) is 5.81. The van der Waals surface area contributed by atoms with Crippen molar-refractivity contribution >= 4 is 53.4 Å². The Morgan fingerprint density at radius 3 is 1.08 bits per heavy atom. The maximum absolute atomic E-state index is 10.3. The van der Waals surface area contributed by atoms with Crippen molar-refractivity contribution in [2.75, 3.05) is 0 Å². The second-order valence-electron chi connectivity index (χ2n) is 11.1. The minimum absolute atomic E-state index is 0.225. The molecule has 4 aromatic carbocycles. The molecule has 6 aliphatic carbocycles. The van der Waals surface area contributed by atoms with E-state index in [1.807, 2.05) is 0 Å². The first-order valence-corrected chi connectivity index (χ1v) is 15.0. The largest absolute Gasteiger partial charge is 0.391 e. The summed E-state index contributed by atoms with van der Waals surface area (Å²) >= 11 is 7.39. The summed E-state index contributed by atoms with van der Waals surface area (Å²) in [6.45, 7) is 0. The van der Waals surface area contributed by atoms with E-state index in [-0.39, 0.29) is 21.9 Å². The number of alkyl halides is 2. The number of fused-ring (bicyclic) bond motifs is 6. The number of hydrogen-bond acceptors (Lipinski definition) is 2. The second kappa shape index (κ2) is 8.94. The van der Waals surface area contributed by atoms with E-state index >= 15 is 0 Å². The fourth-order valence-corrected chi connectivity index (χ4v) is 9.30. The van der Waals surface area contributed by atoms with E-state index in [2.05, 4.69) is 105 Å². The van der Waals surface area contributed by atoms with Crippen LogP contribution in [-0.2, 0) is 0 Å². The summed E-state index contributed by atoms with van der Waals surface area (Å²) < 4.78 is 0. The molecule has 36 heavy (non-hydrogen) atoms. The van der Waals surface area contributed by atoms with Gasteiger partial charge in [-0.05, 0) is 81.3 Å². The molecule has 0 amide bonds. The minimum atomic E-state index is -0.225.